The van der Waals surface area contributed by atoms with Crippen LogP contribution >= 0.6 is 0 Å². The Balaban J connectivity index is 5.60. The van der Waals surface area contributed by atoms with Crippen LogP contribution in [-0.4, -0.2) is 26.5 Å². The van der Waals surface area contributed by atoms with Crippen LogP contribution < -0.4 is 0 Å². The van der Waals surface area contributed by atoms with Gasteiger partial charge in [0.25, 0.3) is 0 Å². The van der Waals surface area contributed by atoms with Crippen molar-refractivity contribution >= 4 is 26.5 Å². The van der Waals surface area contributed by atoms with Gasteiger partial charge < -0.3 is 0 Å². The van der Waals surface area contributed by atoms with Crippen molar-refractivity contribution in [2.24, 2.45) is 0 Å². The summed E-state index contributed by atoms with van der Waals surface area (Å²) in [6.45, 7) is 17.5. The molecule has 0 bridgehead atoms. The molecule has 0 aromatic carbocycles. The summed E-state index contributed by atoms with van der Waals surface area (Å²) >= 11 is -2.11. The van der Waals surface area contributed by atoms with Crippen molar-refractivity contribution in [1.29, 1.82) is 0 Å². The fourth-order valence-electron chi connectivity index (χ4n) is 4.24. The third-order valence-electron chi connectivity index (χ3n) is 5.46. The molecule has 0 aromatic heterocycles. The summed E-state index contributed by atoms with van der Waals surface area (Å²) < 4.78 is 6.05. The van der Waals surface area contributed by atoms with E-state index >= 15 is 0 Å². The fourth-order valence-corrected chi connectivity index (χ4v) is 40.8. The molecule has 0 aliphatic rings. The molecule has 2 heteroatoms. The first-order chi connectivity index (χ1) is 10.9. The van der Waals surface area contributed by atoms with Crippen molar-refractivity contribution in [2.45, 2.75) is 116 Å². The Bertz CT molecular complexity index is 282. The van der Waals surface area contributed by atoms with Crippen LogP contribution in [-0.2, 0) is 0 Å². The molecule has 0 spiro atoms. The van der Waals surface area contributed by atoms with Gasteiger partial charge in [0, 0.05) is 0 Å². The molecule has 0 fully saturated rings. The molecule has 0 saturated heterocycles. The molecule has 0 aliphatic heterocycles. The molecular formula is C21H46SiSn. The molecule has 0 saturated carbocycles. The number of allylic oxidation sites excluding steroid dienone is 2. The van der Waals surface area contributed by atoms with E-state index in [1.165, 1.54) is 51.4 Å². The van der Waals surface area contributed by atoms with Crippen LogP contribution in [0, 0.1) is 0 Å². The van der Waals surface area contributed by atoms with Gasteiger partial charge in [-0.3, -0.25) is 0 Å². The van der Waals surface area contributed by atoms with Crippen LogP contribution in [0.2, 0.25) is 36.5 Å². The topological polar surface area (TPSA) is 0 Å². The average Bonchev–Trinajstić information content (AvgIpc) is 2.50. The zero-order chi connectivity index (χ0) is 17.8. The summed E-state index contributed by atoms with van der Waals surface area (Å²) in [5.74, 6) is 0. The molecule has 0 heterocycles. The van der Waals surface area contributed by atoms with Crippen LogP contribution in [0.1, 0.15) is 79.1 Å². The van der Waals surface area contributed by atoms with Gasteiger partial charge in [-0.1, -0.05) is 0 Å². The Labute approximate surface area is 153 Å². The Morgan fingerprint density at radius 1 is 0.739 bits per heavy atom. The molecule has 0 amide bonds. The summed E-state index contributed by atoms with van der Waals surface area (Å²) in [6.07, 6.45) is 16.6. The molecule has 0 aliphatic carbocycles. The number of rotatable bonds is 14. The quantitative estimate of drug-likeness (QED) is 0.186. The second-order valence-electron chi connectivity index (χ2n) is 8.73. The molecule has 0 nitrogen and oxygen atoms in total. The average molecular weight is 445 g/mol. The Morgan fingerprint density at radius 2 is 1.17 bits per heavy atom. The zero-order valence-corrected chi connectivity index (χ0v) is 21.4. The van der Waals surface area contributed by atoms with E-state index in [4.69, 9.17) is 0 Å². The van der Waals surface area contributed by atoms with Crippen molar-refractivity contribution in [3.63, 3.8) is 0 Å². The maximum atomic E-state index is 2.77. The van der Waals surface area contributed by atoms with Gasteiger partial charge in [0.1, 0.15) is 0 Å². The van der Waals surface area contributed by atoms with Gasteiger partial charge in [-0.25, -0.2) is 0 Å². The molecule has 0 aromatic rings. The van der Waals surface area contributed by atoms with Gasteiger partial charge >= 0.3 is 154 Å². The van der Waals surface area contributed by atoms with Gasteiger partial charge in [0.15, 0.2) is 0 Å². The fraction of sp³-hybridized carbons (Fsp3) is 0.905. The van der Waals surface area contributed by atoms with Crippen molar-refractivity contribution in [3.05, 3.63) is 12.2 Å². The monoisotopic (exact) mass is 446 g/mol. The molecule has 0 N–H and O–H groups in total. The van der Waals surface area contributed by atoms with Crippen LogP contribution in [0.5, 0.6) is 0 Å². The Hall–Kier alpha value is 0.756. The maximum absolute atomic E-state index is 2.77. The van der Waals surface area contributed by atoms with Crippen LogP contribution in [0.4, 0.5) is 0 Å². The van der Waals surface area contributed by atoms with Crippen molar-refractivity contribution < 1.29 is 0 Å². The second kappa shape index (κ2) is 13.0. The molecule has 23 heavy (non-hydrogen) atoms. The first-order valence-electron chi connectivity index (χ1n) is 10.5. The van der Waals surface area contributed by atoms with Crippen LogP contribution in [0.3, 0.4) is 0 Å². The van der Waals surface area contributed by atoms with Gasteiger partial charge in [-0.15, -0.1) is 0 Å². The zero-order valence-electron chi connectivity index (χ0n) is 17.5. The summed E-state index contributed by atoms with van der Waals surface area (Å²) in [5.41, 5.74) is 0. The molecule has 0 radical (unpaired) electrons. The standard InChI is InChI=1S/C9H19Si.3C4H9.Sn/c1-5-6-7-8-9-10(2,3)4;3*1-3-4-2;/h7-9H,5-6H2,1-4H3;3*1,3-4H2,2H3;/b8-7+;;;;. The number of hydrogen-bond donors (Lipinski definition) is 0. The van der Waals surface area contributed by atoms with E-state index in [-0.39, 0.29) is 0 Å². The molecule has 1 unspecified atom stereocenters. The normalized spacial score (nSPS) is 14.6. The van der Waals surface area contributed by atoms with Crippen LogP contribution in [0.25, 0.3) is 0 Å². The Morgan fingerprint density at radius 3 is 1.48 bits per heavy atom. The third kappa shape index (κ3) is 9.14. The molecular weight excluding hydrogens is 399 g/mol. The van der Waals surface area contributed by atoms with E-state index < -0.39 is 26.5 Å². The van der Waals surface area contributed by atoms with Crippen LogP contribution in [0.15, 0.2) is 12.2 Å². The predicted molar refractivity (Wildman–Crippen MR) is 116 cm³/mol. The first kappa shape index (κ1) is 23.8. The van der Waals surface area contributed by atoms with E-state index in [1.807, 2.05) is 0 Å². The van der Waals surface area contributed by atoms with Crippen molar-refractivity contribution in [1.82, 2.24) is 0 Å². The summed E-state index contributed by atoms with van der Waals surface area (Å²) in [6, 6.07) is 0. The predicted octanol–water partition coefficient (Wildman–Crippen LogP) is 8.44. The second-order valence-corrected chi connectivity index (χ2v) is 29.6. The van der Waals surface area contributed by atoms with Gasteiger partial charge in [-0.2, -0.15) is 0 Å². The SMILES string of the molecule is CCC/C=C/[CH]([Si](C)(C)C)[Sn]([CH2]CCC)([CH2]CCC)[CH2]CCC. The Kier molecular flexibility index (Phi) is 13.5. The summed E-state index contributed by atoms with van der Waals surface area (Å²) in [7, 11) is -1.12. The van der Waals surface area contributed by atoms with E-state index in [9.17, 15) is 0 Å². The third-order valence-corrected chi connectivity index (χ3v) is 34.9. The van der Waals surface area contributed by atoms with E-state index in [2.05, 4.69) is 59.5 Å². The molecule has 1 atom stereocenters. The minimum absolute atomic E-state index is 1.06. The number of unbranched alkanes of at least 4 members (excludes halogenated alkanes) is 4. The summed E-state index contributed by atoms with van der Waals surface area (Å²) in [5, 5.41) is 0. The first-order valence-corrected chi connectivity index (χ1v) is 21.8. The van der Waals surface area contributed by atoms with Gasteiger partial charge in [0.2, 0.25) is 0 Å². The van der Waals surface area contributed by atoms with E-state index in [0.29, 0.717) is 0 Å². The minimum atomic E-state index is -2.11. The van der Waals surface area contributed by atoms with Crippen molar-refractivity contribution in [3.8, 4) is 0 Å². The summed E-state index contributed by atoms with van der Waals surface area (Å²) in [4.78, 5) is 0. The van der Waals surface area contributed by atoms with E-state index in [0.717, 1.165) is 3.56 Å². The van der Waals surface area contributed by atoms with Gasteiger partial charge in [-0.05, 0) is 0 Å². The van der Waals surface area contributed by atoms with E-state index in [1.54, 1.807) is 13.3 Å². The molecule has 138 valence electrons. The molecule has 0 rings (SSSR count). The number of hydrogen-bond acceptors (Lipinski definition) is 0. The van der Waals surface area contributed by atoms with Gasteiger partial charge in [0.05, 0.1) is 0 Å². The van der Waals surface area contributed by atoms with Crippen molar-refractivity contribution in [2.75, 3.05) is 0 Å².